The largest absolute Gasteiger partial charge is 0.480 e. The number of aliphatic carboxylic acids is 1. The first-order chi connectivity index (χ1) is 14.4. The third-order valence-corrected chi connectivity index (χ3v) is 4.47. The molecule has 4 aromatic rings. The lowest BCUT2D eigenvalue weighted by Crippen LogP contribution is -2.32. The van der Waals surface area contributed by atoms with Gasteiger partial charge in [-0.05, 0) is 23.8 Å². The number of hydrogen-bond donors (Lipinski definition) is 4. The first-order valence-electron chi connectivity index (χ1n) is 9.19. The van der Waals surface area contributed by atoms with E-state index >= 15 is 0 Å². The maximum absolute atomic E-state index is 11.1. The van der Waals surface area contributed by atoms with Crippen LogP contribution in [0.4, 0.5) is 0 Å². The number of ether oxygens (including phenoxy) is 1. The maximum atomic E-state index is 11.1. The maximum Gasteiger partial charge on any atom is 0.379 e. The molecule has 0 aliphatic heterocycles. The molecule has 5 N–H and O–H groups in total. The summed E-state index contributed by atoms with van der Waals surface area (Å²) in [4.78, 5) is 38.4. The van der Waals surface area contributed by atoms with Crippen molar-refractivity contribution in [3.05, 3.63) is 66.5 Å². The van der Waals surface area contributed by atoms with Crippen molar-refractivity contribution in [2.75, 3.05) is 0 Å². The number of esters is 1. The lowest BCUT2D eigenvalue weighted by atomic mass is 10.1. The van der Waals surface area contributed by atoms with Gasteiger partial charge in [0.15, 0.2) is 5.75 Å². The van der Waals surface area contributed by atoms with Crippen LogP contribution in [0.5, 0.6) is 5.75 Å². The van der Waals surface area contributed by atoms with Crippen LogP contribution in [0, 0.1) is 0 Å². The molecule has 8 nitrogen and oxygen atoms in total. The molecule has 0 unspecified atom stereocenters. The second-order valence-corrected chi connectivity index (χ2v) is 6.65. The molecule has 2 heterocycles. The Balaban J connectivity index is 0.000000171. The van der Waals surface area contributed by atoms with Gasteiger partial charge >= 0.3 is 11.9 Å². The second kappa shape index (κ2) is 9.06. The number of nitrogens with one attached hydrogen (secondary N) is 2. The molecule has 0 amide bonds. The smallest absolute Gasteiger partial charge is 0.379 e. The summed E-state index contributed by atoms with van der Waals surface area (Å²) in [6.45, 7) is 1.18. The number of para-hydroxylation sites is 2. The third-order valence-electron chi connectivity index (χ3n) is 4.47. The van der Waals surface area contributed by atoms with Crippen LogP contribution in [-0.4, -0.2) is 38.8 Å². The molecule has 0 saturated heterocycles. The molecule has 8 heteroatoms. The molecular formula is C22H21N3O5. The van der Waals surface area contributed by atoms with Crippen molar-refractivity contribution in [1.82, 2.24) is 9.97 Å². The molecule has 2 aromatic carbocycles. The summed E-state index contributed by atoms with van der Waals surface area (Å²) in [6, 6.07) is 14.3. The molecule has 0 saturated carbocycles. The van der Waals surface area contributed by atoms with Crippen LogP contribution in [0.2, 0.25) is 0 Å². The zero-order valence-corrected chi connectivity index (χ0v) is 16.2. The minimum absolute atomic E-state index is 0.347. The number of Topliss-reactive ketones (excluding diaryl/α,β-unsaturated/α-hetero) is 1. The molecule has 0 radical (unpaired) electrons. The number of carboxylic acid groups (broad SMARTS) is 1. The molecule has 0 aliphatic carbocycles. The average Bonchev–Trinajstić information content (AvgIpc) is 3.33. The number of fused-ring (bicyclic) bond motifs is 2. The number of carbonyl (C=O) groups is 3. The van der Waals surface area contributed by atoms with E-state index in [4.69, 9.17) is 15.6 Å². The van der Waals surface area contributed by atoms with Crippen molar-refractivity contribution in [2.45, 2.75) is 19.4 Å². The summed E-state index contributed by atoms with van der Waals surface area (Å²) < 4.78 is 4.91. The summed E-state index contributed by atoms with van der Waals surface area (Å²) in [6.07, 6.45) is 3.72. The van der Waals surface area contributed by atoms with E-state index < -0.39 is 23.8 Å². The summed E-state index contributed by atoms with van der Waals surface area (Å²) in [5.41, 5.74) is 8.30. The van der Waals surface area contributed by atoms with E-state index in [0.717, 1.165) is 27.4 Å². The van der Waals surface area contributed by atoms with Gasteiger partial charge in [-0.25, -0.2) is 4.79 Å². The Hall–Kier alpha value is -3.91. The zero-order valence-electron chi connectivity index (χ0n) is 16.2. The predicted octanol–water partition coefficient (Wildman–Crippen LogP) is 2.78. The van der Waals surface area contributed by atoms with E-state index in [1.165, 1.54) is 6.92 Å². The standard InChI is InChI=1S/C11H12N2O2.C11H9NO3/c12-9(11(14)15)5-7-6-13-10-4-2-1-3-8(7)10;1-7(13)11(14)15-10-6-12-9-5-3-2-4-8(9)10/h1-4,6,9,13H,5,12H2,(H,14,15);2-6,12H,1H3/t9-;/m0./s1. The van der Waals surface area contributed by atoms with E-state index in [0.29, 0.717) is 12.2 Å². The lowest BCUT2D eigenvalue weighted by Gasteiger charge is -2.04. The van der Waals surface area contributed by atoms with Crippen molar-refractivity contribution < 1.29 is 24.2 Å². The number of carbonyl (C=O) groups excluding carboxylic acids is 2. The number of hydrogen-bond acceptors (Lipinski definition) is 5. The first-order valence-corrected chi connectivity index (χ1v) is 9.19. The highest BCUT2D eigenvalue weighted by atomic mass is 16.5. The highest BCUT2D eigenvalue weighted by Crippen LogP contribution is 2.24. The van der Waals surface area contributed by atoms with E-state index in [-0.39, 0.29) is 0 Å². The van der Waals surface area contributed by atoms with E-state index in [1.54, 1.807) is 6.20 Å². The summed E-state index contributed by atoms with van der Waals surface area (Å²) in [5.74, 6) is -2.05. The summed E-state index contributed by atoms with van der Waals surface area (Å²) in [7, 11) is 0. The van der Waals surface area contributed by atoms with Gasteiger partial charge in [0.25, 0.3) is 0 Å². The number of H-pyrrole nitrogens is 2. The number of rotatable bonds is 5. The van der Waals surface area contributed by atoms with Gasteiger partial charge in [0, 0.05) is 47.5 Å². The average molecular weight is 407 g/mol. The van der Waals surface area contributed by atoms with Gasteiger partial charge in [-0.2, -0.15) is 0 Å². The number of nitrogens with two attached hydrogens (primary N) is 1. The molecule has 0 fully saturated rings. The molecule has 30 heavy (non-hydrogen) atoms. The fourth-order valence-corrected chi connectivity index (χ4v) is 2.93. The zero-order chi connectivity index (χ0) is 21.7. The Kier molecular flexibility index (Phi) is 6.29. The van der Waals surface area contributed by atoms with Gasteiger partial charge in [-0.3, -0.25) is 9.59 Å². The van der Waals surface area contributed by atoms with E-state index in [9.17, 15) is 14.4 Å². The Morgan fingerprint density at radius 3 is 2.17 bits per heavy atom. The predicted molar refractivity (Wildman–Crippen MR) is 112 cm³/mol. The molecule has 4 rings (SSSR count). The van der Waals surface area contributed by atoms with Gasteiger partial charge in [-0.1, -0.05) is 30.3 Å². The van der Waals surface area contributed by atoms with Gasteiger partial charge < -0.3 is 25.5 Å². The molecule has 154 valence electrons. The quantitative estimate of drug-likeness (QED) is 0.296. The highest BCUT2D eigenvalue weighted by molar-refractivity contribution is 6.33. The number of ketones is 1. The third kappa shape index (κ3) is 4.73. The van der Waals surface area contributed by atoms with Crippen molar-refractivity contribution >= 4 is 39.5 Å². The molecule has 1 atom stereocenters. The van der Waals surface area contributed by atoms with E-state index in [1.807, 2.05) is 54.7 Å². The van der Waals surface area contributed by atoms with Crippen molar-refractivity contribution in [2.24, 2.45) is 5.73 Å². The molecule has 0 aliphatic rings. The van der Waals surface area contributed by atoms with Crippen LogP contribution >= 0.6 is 0 Å². The van der Waals surface area contributed by atoms with Crippen molar-refractivity contribution in [1.29, 1.82) is 0 Å². The van der Waals surface area contributed by atoms with Gasteiger partial charge in [0.2, 0.25) is 5.78 Å². The number of aromatic nitrogens is 2. The normalized spacial score (nSPS) is 11.5. The number of carboxylic acids is 1. The van der Waals surface area contributed by atoms with Crippen LogP contribution < -0.4 is 10.5 Å². The topological polar surface area (TPSA) is 138 Å². The number of benzene rings is 2. The van der Waals surface area contributed by atoms with Crippen LogP contribution in [0.3, 0.4) is 0 Å². The Bertz CT molecular complexity index is 1210. The summed E-state index contributed by atoms with van der Waals surface area (Å²) >= 11 is 0. The molecular weight excluding hydrogens is 386 g/mol. The fourth-order valence-electron chi connectivity index (χ4n) is 2.93. The van der Waals surface area contributed by atoms with Crippen LogP contribution in [-0.2, 0) is 20.8 Å². The number of aromatic amines is 2. The van der Waals surface area contributed by atoms with Crippen molar-refractivity contribution in [3.8, 4) is 5.75 Å². The molecule has 0 bridgehead atoms. The lowest BCUT2D eigenvalue weighted by molar-refractivity contribution is -0.145. The highest BCUT2D eigenvalue weighted by Gasteiger charge is 2.14. The monoisotopic (exact) mass is 407 g/mol. The van der Waals surface area contributed by atoms with Gasteiger partial charge in [0.05, 0.1) is 0 Å². The second-order valence-electron chi connectivity index (χ2n) is 6.65. The Labute approximate surface area is 171 Å². The van der Waals surface area contributed by atoms with Crippen LogP contribution in [0.15, 0.2) is 60.9 Å². The van der Waals surface area contributed by atoms with Crippen molar-refractivity contribution in [3.63, 3.8) is 0 Å². The van der Waals surface area contributed by atoms with Crippen LogP contribution in [0.25, 0.3) is 21.8 Å². The molecule has 2 aromatic heterocycles. The van der Waals surface area contributed by atoms with Crippen LogP contribution in [0.1, 0.15) is 12.5 Å². The van der Waals surface area contributed by atoms with Gasteiger partial charge in [0.1, 0.15) is 6.04 Å². The minimum Gasteiger partial charge on any atom is -0.480 e. The van der Waals surface area contributed by atoms with E-state index in [2.05, 4.69) is 9.97 Å². The first kappa shape index (κ1) is 20.8. The molecule has 0 spiro atoms. The Morgan fingerprint density at radius 1 is 0.967 bits per heavy atom. The van der Waals surface area contributed by atoms with Gasteiger partial charge in [-0.15, -0.1) is 0 Å². The Morgan fingerprint density at radius 2 is 1.53 bits per heavy atom. The summed E-state index contributed by atoms with van der Waals surface area (Å²) in [5, 5.41) is 10.5. The minimum atomic E-state index is -0.972. The SMILES string of the molecule is CC(=O)C(=O)Oc1c[nH]c2ccccc12.N[C@@H](Cc1c[nH]c2ccccc12)C(=O)O. The fraction of sp³-hybridized carbons (Fsp3) is 0.136.